The van der Waals surface area contributed by atoms with Gasteiger partial charge in [0.2, 0.25) is 0 Å². The Bertz CT molecular complexity index is 448. The number of ether oxygens (including phenoxy) is 1. The molecular weight excluding hydrogens is 264 g/mol. The van der Waals surface area contributed by atoms with Gasteiger partial charge in [0.15, 0.2) is 0 Å². The minimum Gasteiger partial charge on any atom is -0.508 e. The molecule has 4 nitrogen and oxygen atoms in total. The van der Waals surface area contributed by atoms with Crippen LogP contribution in [0.4, 0.5) is 0 Å². The summed E-state index contributed by atoms with van der Waals surface area (Å²) in [4.78, 5) is 2.54. The number of aromatic hydroxyl groups is 1. The fourth-order valence-electron chi connectivity index (χ4n) is 3.65. The molecule has 0 saturated carbocycles. The van der Waals surface area contributed by atoms with Gasteiger partial charge in [0.05, 0.1) is 0 Å². The minimum absolute atomic E-state index is 0.316. The largest absolute Gasteiger partial charge is 0.508 e. The molecule has 21 heavy (non-hydrogen) atoms. The number of benzene rings is 1. The molecule has 0 unspecified atom stereocenters. The first kappa shape index (κ1) is 14.8. The van der Waals surface area contributed by atoms with Crippen molar-refractivity contribution < 1.29 is 9.84 Å². The third kappa shape index (κ3) is 3.39. The molecule has 116 valence electrons. The summed E-state index contributed by atoms with van der Waals surface area (Å²) in [5, 5.41) is 13.8. The second-order valence-corrected chi connectivity index (χ2v) is 6.24. The van der Waals surface area contributed by atoms with Gasteiger partial charge in [-0.1, -0.05) is 17.7 Å². The quantitative estimate of drug-likeness (QED) is 0.894. The molecule has 1 aromatic carbocycles. The van der Waals surface area contributed by atoms with E-state index in [0.29, 0.717) is 17.7 Å². The second-order valence-electron chi connectivity index (χ2n) is 6.24. The number of aryl methyl sites for hydroxylation is 1. The van der Waals surface area contributed by atoms with Gasteiger partial charge in [0.1, 0.15) is 5.75 Å². The lowest BCUT2D eigenvalue weighted by Gasteiger charge is -2.41. The molecule has 2 aliphatic heterocycles. The van der Waals surface area contributed by atoms with E-state index < -0.39 is 0 Å². The van der Waals surface area contributed by atoms with Crippen molar-refractivity contribution in [3.05, 3.63) is 29.3 Å². The van der Waals surface area contributed by atoms with E-state index in [9.17, 15) is 5.11 Å². The number of nitrogens with zero attached hydrogens (tertiary/aromatic N) is 1. The van der Waals surface area contributed by atoms with Gasteiger partial charge < -0.3 is 15.2 Å². The van der Waals surface area contributed by atoms with Crippen molar-refractivity contribution in [3.63, 3.8) is 0 Å². The van der Waals surface area contributed by atoms with Crippen molar-refractivity contribution in [1.82, 2.24) is 10.2 Å². The van der Waals surface area contributed by atoms with Crippen LogP contribution in [0.2, 0.25) is 0 Å². The number of phenols is 1. The molecule has 1 aromatic rings. The molecule has 2 aliphatic rings. The van der Waals surface area contributed by atoms with Crippen LogP contribution in [0.1, 0.15) is 30.0 Å². The first-order valence-electron chi connectivity index (χ1n) is 8.08. The molecular formula is C17H26N2O2. The van der Waals surface area contributed by atoms with Crippen molar-refractivity contribution >= 4 is 0 Å². The maximum atomic E-state index is 10.4. The first-order valence-corrected chi connectivity index (χ1v) is 8.08. The second kappa shape index (κ2) is 6.77. The van der Waals surface area contributed by atoms with Crippen molar-refractivity contribution in [1.29, 1.82) is 0 Å². The molecule has 0 amide bonds. The van der Waals surface area contributed by atoms with Crippen molar-refractivity contribution in [2.75, 3.05) is 39.4 Å². The highest BCUT2D eigenvalue weighted by atomic mass is 16.5. The number of rotatable bonds is 3. The molecule has 0 spiro atoms. The minimum atomic E-state index is 0.316. The van der Waals surface area contributed by atoms with E-state index in [4.69, 9.17) is 4.74 Å². The fraction of sp³-hybridized carbons (Fsp3) is 0.647. The summed E-state index contributed by atoms with van der Waals surface area (Å²) in [5.74, 6) is 1.01. The summed E-state index contributed by atoms with van der Waals surface area (Å²) in [6.07, 6.45) is 2.17. The van der Waals surface area contributed by atoms with Crippen LogP contribution in [0.15, 0.2) is 18.2 Å². The first-order chi connectivity index (χ1) is 10.3. The Balaban J connectivity index is 1.91. The lowest BCUT2D eigenvalue weighted by atomic mass is 9.84. The van der Waals surface area contributed by atoms with E-state index in [1.54, 1.807) is 0 Å². The van der Waals surface area contributed by atoms with Crippen LogP contribution in [0.25, 0.3) is 0 Å². The molecule has 0 aromatic heterocycles. The van der Waals surface area contributed by atoms with E-state index in [0.717, 1.165) is 57.8 Å². The van der Waals surface area contributed by atoms with Crippen molar-refractivity contribution in [2.24, 2.45) is 5.92 Å². The highest BCUT2D eigenvalue weighted by Crippen LogP contribution is 2.39. The molecule has 1 atom stereocenters. The Labute approximate surface area is 127 Å². The lowest BCUT2D eigenvalue weighted by Crippen LogP contribution is -2.47. The average molecular weight is 290 g/mol. The molecule has 2 fully saturated rings. The Morgan fingerprint density at radius 1 is 1.24 bits per heavy atom. The van der Waals surface area contributed by atoms with E-state index >= 15 is 0 Å². The van der Waals surface area contributed by atoms with Crippen LogP contribution in [0.5, 0.6) is 5.75 Å². The molecule has 2 N–H and O–H groups in total. The third-order valence-corrected chi connectivity index (χ3v) is 4.76. The number of nitrogens with one attached hydrogen (secondary N) is 1. The van der Waals surface area contributed by atoms with Gasteiger partial charge in [-0.05, 0) is 31.7 Å². The van der Waals surface area contributed by atoms with Gasteiger partial charge in [0.25, 0.3) is 0 Å². The number of piperazine rings is 1. The molecule has 2 heterocycles. The smallest absolute Gasteiger partial charge is 0.120 e. The van der Waals surface area contributed by atoms with E-state index in [1.165, 1.54) is 5.56 Å². The monoisotopic (exact) mass is 290 g/mol. The predicted molar refractivity (Wildman–Crippen MR) is 83.6 cm³/mol. The topological polar surface area (TPSA) is 44.7 Å². The third-order valence-electron chi connectivity index (χ3n) is 4.76. The van der Waals surface area contributed by atoms with Gasteiger partial charge in [-0.2, -0.15) is 0 Å². The van der Waals surface area contributed by atoms with Gasteiger partial charge >= 0.3 is 0 Å². The number of hydrogen-bond donors (Lipinski definition) is 2. The van der Waals surface area contributed by atoms with Crippen LogP contribution < -0.4 is 5.32 Å². The summed E-state index contributed by atoms with van der Waals surface area (Å²) in [6.45, 7) is 7.96. The molecule has 4 heteroatoms. The van der Waals surface area contributed by atoms with Gasteiger partial charge in [-0.15, -0.1) is 0 Å². The molecule has 3 rings (SSSR count). The normalized spacial score (nSPS) is 23.1. The van der Waals surface area contributed by atoms with E-state index in [-0.39, 0.29) is 0 Å². The highest BCUT2D eigenvalue weighted by Gasteiger charge is 2.32. The van der Waals surface area contributed by atoms with Gasteiger partial charge in [0, 0.05) is 51.0 Å². The number of hydrogen-bond acceptors (Lipinski definition) is 4. The van der Waals surface area contributed by atoms with Gasteiger partial charge in [-0.25, -0.2) is 0 Å². The maximum Gasteiger partial charge on any atom is 0.120 e. The number of phenolic OH excluding ortho intramolecular Hbond substituents is 1. The van der Waals surface area contributed by atoms with Crippen LogP contribution >= 0.6 is 0 Å². The molecule has 0 radical (unpaired) electrons. The highest BCUT2D eigenvalue weighted by molar-refractivity contribution is 5.38. The zero-order valence-electron chi connectivity index (χ0n) is 12.8. The summed E-state index contributed by atoms with van der Waals surface area (Å²) in [7, 11) is 0. The molecule has 2 saturated heterocycles. The Morgan fingerprint density at radius 3 is 2.67 bits per heavy atom. The summed E-state index contributed by atoms with van der Waals surface area (Å²) in [6, 6.07) is 6.31. The van der Waals surface area contributed by atoms with Crippen LogP contribution in [0, 0.1) is 12.8 Å². The zero-order valence-corrected chi connectivity index (χ0v) is 12.8. The molecule has 0 aliphatic carbocycles. The molecule has 0 bridgehead atoms. The van der Waals surface area contributed by atoms with E-state index in [2.05, 4.69) is 23.2 Å². The van der Waals surface area contributed by atoms with Gasteiger partial charge in [-0.3, -0.25) is 4.90 Å². The van der Waals surface area contributed by atoms with E-state index in [1.807, 2.05) is 12.1 Å². The Hall–Kier alpha value is -1.10. The maximum absolute atomic E-state index is 10.4. The van der Waals surface area contributed by atoms with Crippen LogP contribution in [-0.4, -0.2) is 49.4 Å². The Morgan fingerprint density at radius 2 is 1.95 bits per heavy atom. The zero-order chi connectivity index (χ0) is 14.7. The summed E-state index contributed by atoms with van der Waals surface area (Å²) >= 11 is 0. The standard InChI is InChI=1S/C17H26N2O2/c1-13-2-3-16(20)15(12-13)17(14-4-10-21-11-5-14)19-8-6-18-7-9-19/h2-3,12,14,17-18,20H,4-11H2,1H3/t17-/m1/s1. The van der Waals surface area contributed by atoms with Crippen LogP contribution in [0.3, 0.4) is 0 Å². The summed E-state index contributed by atoms with van der Waals surface area (Å²) in [5.41, 5.74) is 2.32. The van der Waals surface area contributed by atoms with Crippen LogP contribution in [-0.2, 0) is 4.74 Å². The summed E-state index contributed by atoms with van der Waals surface area (Å²) < 4.78 is 5.53. The lowest BCUT2D eigenvalue weighted by molar-refractivity contribution is 0.0206. The van der Waals surface area contributed by atoms with Crippen molar-refractivity contribution in [3.8, 4) is 5.75 Å². The fourth-order valence-corrected chi connectivity index (χ4v) is 3.65. The van der Waals surface area contributed by atoms with Crippen molar-refractivity contribution in [2.45, 2.75) is 25.8 Å². The average Bonchev–Trinajstić information content (AvgIpc) is 2.53. The predicted octanol–water partition coefficient (Wildman–Crippen LogP) is 2.07. The Kier molecular flexibility index (Phi) is 4.78. The SMILES string of the molecule is Cc1ccc(O)c([C@@H](C2CCOCC2)N2CCNCC2)c1.